The Bertz CT molecular complexity index is 1490. The lowest BCUT2D eigenvalue weighted by atomic mass is 10.1. The summed E-state index contributed by atoms with van der Waals surface area (Å²) < 4.78 is 10.2. The Kier molecular flexibility index (Phi) is 8.47. The van der Waals surface area contributed by atoms with Crippen molar-refractivity contribution in [1.82, 2.24) is 9.66 Å². The molecule has 180 valence electrons. The summed E-state index contributed by atoms with van der Waals surface area (Å²) in [7, 11) is 0. The van der Waals surface area contributed by atoms with E-state index in [1.54, 1.807) is 30.5 Å². The first-order valence-corrected chi connectivity index (χ1v) is 13.7. The zero-order valence-electron chi connectivity index (χ0n) is 18.9. The first kappa shape index (κ1) is 26.1. The van der Waals surface area contributed by atoms with Crippen molar-refractivity contribution in [1.29, 1.82) is 0 Å². The van der Waals surface area contributed by atoms with E-state index in [9.17, 15) is 4.79 Å². The van der Waals surface area contributed by atoms with Crippen molar-refractivity contribution in [3.8, 4) is 5.75 Å². The number of rotatable bonds is 7. The van der Waals surface area contributed by atoms with Crippen LogP contribution < -0.4 is 10.3 Å². The number of hydrogen-bond acceptors (Lipinski definition) is 4. The Morgan fingerprint density at radius 2 is 1.83 bits per heavy atom. The highest BCUT2D eigenvalue weighted by Gasteiger charge is 2.16. The van der Waals surface area contributed by atoms with E-state index >= 15 is 0 Å². The molecule has 0 amide bonds. The third-order valence-electron chi connectivity index (χ3n) is 5.57. The van der Waals surface area contributed by atoms with Gasteiger partial charge in [-0.1, -0.05) is 79.3 Å². The van der Waals surface area contributed by atoms with Gasteiger partial charge in [-0.05, 0) is 55.0 Å². The van der Waals surface area contributed by atoms with Gasteiger partial charge < -0.3 is 4.74 Å². The van der Waals surface area contributed by atoms with Gasteiger partial charge in [-0.3, -0.25) is 4.79 Å². The van der Waals surface area contributed by atoms with Gasteiger partial charge in [0.1, 0.15) is 18.2 Å². The Balaban J connectivity index is 1.74. The molecule has 35 heavy (non-hydrogen) atoms. The number of nitrogens with zero attached hydrogens (tertiary/aromatic N) is 3. The Morgan fingerprint density at radius 1 is 1.09 bits per heavy atom. The van der Waals surface area contributed by atoms with Gasteiger partial charge in [-0.2, -0.15) is 9.78 Å². The molecular formula is C26H21Br3ClN3O2. The summed E-state index contributed by atoms with van der Waals surface area (Å²) >= 11 is 16.7. The first-order valence-electron chi connectivity index (χ1n) is 10.9. The Morgan fingerprint density at radius 3 is 2.57 bits per heavy atom. The zero-order valence-corrected chi connectivity index (χ0v) is 24.4. The van der Waals surface area contributed by atoms with Crippen LogP contribution >= 0.6 is 59.4 Å². The lowest BCUT2D eigenvalue weighted by Crippen LogP contribution is -2.23. The fourth-order valence-electron chi connectivity index (χ4n) is 3.44. The molecule has 4 rings (SSSR count). The van der Waals surface area contributed by atoms with Gasteiger partial charge in [0.25, 0.3) is 5.56 Å². The van der Waals surface area contributed by atoms with Gasteiger partial charge in [0.2, 0.25) is 0 Å². The van der Waals surface area contributed by atoms with Crippen LogP contribution in [0.25, 0.3) is 10.9 Å². The molecule has 0 saturated carbocycles. The van der Waals surface area contributed by atoms with Crippen molar-refractivity contribution in [2.45, 2.75) is 32.8 Å². The van der Waals surface area contributed by atoms with Gasteiger partial charge >= 0.3 is 0 Å². The number of benzene rings is 3. The average Bonchev–Trinajstić information content (AvgIpc) is 2.83. The zero-order chi connectivity index (χ0) is 25.1. The summed E-state index contributed by atoms with van der Waals surface area (Å²) in [5, 5.41) is 5.59. The van der Waals surface area contributed by atoms with E-state index in [0.29, 0.717) is 39.7 Å². The molecule has 5 nitrogen and oxygen atoms in total. The van der Waals surface area contributed by atoms with Crippen LogP contribution in [0.1, 0.15) is 43.1 Å². The molecule has 1 atom stereocenters. The average molecular weight is 683 g/mol. The van der Waals surface area contributed by atoms with Gasteiger partial charge in [0.15, 0.2) is 0 Å². The van der Waals surface area contributed by atoms with Crippen LogP contribution in [0, 0.1) is 0 Å². The Labute approximate surface area is 233 Å². The molecule has 0 aliphatic rings. The normalized spacial score (nSPS) is 12.4. The predicted octanol–water partition coefficient (Wildman–Crippen LogP) is 8.31. The minimum Gasteiger partial charge on any atom is -0.488 e. The summed E-state index contributed by atoms with van der Waals surface area (Å²) in [5.74, 6) is 1.24. The van der Waals surface area contributed by atoms with Crippen LogP contribution in [0.5, 0.6) is 5.75 Å². The second-order valence-corrected chi connectivity index (χ2v) is 11.1. The standard InChI is InChI=1S/C26H21Br3ClN3O2/c1-3-15(2)25-32-23-8-6-18(27)11-21(23)26(34)33(25)31-13-17-10-20(30)7-9-24(17)35-14-16-4-5-19(28)12-22(16)29/h4-13,15H,3,14H2,1-2H3/t15-/m0/s1. The van der Waals surface area contributed by atoms with Crippen molar-refractivity contribution >= 4 is 76.5 Å². The summed E-state index contributed by atoms with van der Waals surface area (Å²) in [6.07, 6.45) is 2.41. The molecule has 0 unspecified atom stereocenters. The molecule has 0 saturated heterocycles. The number of halogens is 4. The van der Waals surface area contributed by atoms with Gasteiger partial charge in [-0.15, -0.1) is 0 Å². The van der Waals surface area contributed by atoms with Crippen molar-refractivity contribution in [2.24, 2.45) is 5.10 Å². The topological polar surface area (TPSA) is 56.5 Å². The van der Waals surface area contributed by atoms with Crippen LogP contribution in [0.3, 0.4) is 0 Å². The van der Waals surface area contributed by atoms with E-state index in [1.807, 2.05) is 37.3 Å². The molecule has 1 aromatic heterocycles. The molecule has 0 fully saturated rings. The van der Waals surface area contributed by atoms with Gasteiger partial charge in [0.05, 0.1) is 17.1 Å². The largest absolute Gasteiger partial charge is 0.488 e. The molecule has 0 spiro atoms. The molecule has 4 aromatic rings. The van der Waals surface area contributed by atoms with Crippen LogP contribution in [0.2, 0.25) is 5.02 Å². The second kappa shape index (κ2) is 11.4. The highest BCUT2D eigenvalue weighted by atomic mass is 79.9. The lowest BCUT2D eigenvalue weighted by molar-refractivity contribution is 0.305. The molecule has 0 N–H and O–H groups in total. The van der Waals surface area contributed by atoms with Crippen molar-refractivity contribution in [2.75, 3.05) is 0 Å². The summed E-state index contributed by atoms with van der Waals surface area (Å²) in [6, 6.07) is 16.7. The smallest absolute Gasteiger partial charge is 0.282 e. The maximum absolute atomic E-state index is 13.4. The van der Waals surface area contributed by atoms with Gasteiger partial charge in [-0.25, -0.2) is 4.98 Å². The van der Waals surface area contributed by atoms with Gasteiger partial charge in [0, 0.05) is 35.5 Å². The molecule has 0 bridgehead atoms. The highest BCUT2D eigenvalue weighted by molar-refractivity contribution is 9.11. The summed E-state index contributed by atoms with van der Waals surface area (Å²) in [5.41, 5.74) is 2.06. The third-order valence-corrected chi connectivity index (χ3v) is 7.53. The second-order valence-electron chi connectivity index (χ2n) is 8.01. The minimum atomic E-state index is -0.230. The van der Waals surface area contributed by atoms with Crippen LogP contribution in [-0.2, 0) is 6.61 Å². The fraction of sp³-hybridized carbons (Fsp3) is 0.192. The van der Waals surface area contributed by atoms with E-state index < -0.39 is 0 Å². The number of aromatic nitrogens is 2. The Hall–Kier alpha value is -2.00. The maximum Gasteiger partial charge on any atom is 0.282 e. The van der Waals surface area contributed by atoms with E-state index in [2.05, 4.69) is 59.8 Å². The molecule has 0 aliphatic heterocycles. The molecule has 9 heteroatoms. The van der Waals surface area contributed by atoms with E-state index in [0.717, 1.165) is 25.4 Å². The molecule has 1 heterocycles. The lowest BCUT2D eigenvalue weighted by Gasteiger charge is -2.14. The minimum absolute atomic E-state index is 0.0396. The predicted molar refractivity (Wildman–Crippen MR) is 153 cm³/mol. The van der Waals surface area contributed by atoms with Crippen LogP contribution in [-0.4, -0.2) is 15.9 Å². The molecule has 0 radical (unpaired) electrons. The number of hydrogen-bond donors (Lipinski definition) is 0. The van der Waals surface area contributed by atoms with E-state index in [-0.39, 0.29) is 11.5 Å². The number of fused-ring (bicyclic) bond motifs is 1. The van der Waals surface area contributed by atoms with Crippen LogP contribution in [0.15, 0.2) is 77.9 Å². The third kappa shape index (κ3) is 6.05. The quantitative estimate of drug-likeness (QED) is 0.184. The van der Waals surface area contributed by atoms with E-state index in [4.69, 9.17) is 21.3 Å². The summed E-state index contributed by atoms with van der Waals surface area (Å²) in [6.45, 7) is 4.43. The maximum atomic E-state index is 13.4. The van der Waals surface area contributed by atoms with Crippen molar-refractivity contribution < 1.29 is 4.74 Å². The van der Waals surface area contributed by atoms with Crippen LogP contribution in [0.4, 0.5) is 0 Å². The molecule has 0 aliphatic carbocycles. The molecule has 3 aromatic carbocycles. The van der Waals surface area contributed by atoms with Crippen molar-refractivity contribution in [3.05, 3.63) is 100 Å². The monoisotopic (exact) mass is 679 g/mol. The SMILES string of the molecule is CC[C@H](C)c1nc2ccc(Br)cc2c(=O)n1N=Cc1cc(Cl)ccc1OCc1ccc(Br)cc1Br. The molecular weight excluding hydrogens is 661 g/mol. The first-order chi connectivity index (χ1) is 16.8. The number of ether oxygens (including phenoxy) is 1. The summed E-state index contributed by atoms with van der Waals surface area (Å²) in [4.78, 5) is 18.1. The van der Waals surface area contributed by atoms with Crippen molar-refractivity contribution in [3.63, 3.8) is 0 Å². The highest BCUT2D eigenvalue weighted by Crippen LogP contribution is 2.27. The fourth-order valence-corrected chi connectivity index (χ4v) is 5.15. The van der Waals surface area contributed by atoms with E-state index in [1.165, 1.54) is 4.68 Å².